The van der Waals surface area contributed by atoms with Crippen LogP contribution in [-0.4, -0.2) is 74.1 Å². The molecular weight excluding hydrogens is 216 g/mol. The van der Waals surface area contributed by atoms with Crippen LogP contribution in [0.5, 0.6) is 0 Å². The summed E-state index contributed by atoms with van der Waals surface area (Å²) in [5.74, 6) is 0.317. The SMILES string of the molecule is CC1CNCCN1CCC(=O)N1CCNCC1. The van der Waals surface area contributed by atoms with E-state index in [4.69, 9.17) is 0 Å². The molecule has 2 rings (SSSR count). The molecule has 0 aromatic carbocycles. The molecule has 5 nitrogen and oxygen atoms in total. The van der Waals surface area contributed by atoms with E-state index in [2.05, 4.69) is 22.5 Å². The van der Waals surface area contributed by atoms with Gasteiger partial charge in [0.2, 0.25) is 5.91 Å². The lowest BCUT2D eigenvalue weighted by molar-refractivity contribution is -0.132. The summed E-state index contributed by atoms with van der Waals surface area (Å²) in [6, 6.07) is 0.555. The minimum atomic E-state index is 0.317. The van der Waals surface area contributed by atoms with Gasteiger partial charge in [0.05, 0.1) is 0 Å². The number of carbonyl (C=O) groups excluding carboxylic acids is 1. The topological polar surface area (TPSA) is 47.6 Å². The lowest BCUT2D eigenvalue weighted by atomic mass is 10.2. The molecule has 0 bridgehead atoms. The summed E-state index contributed by atoms with van der Waals surface area (Å²) in [7, 11) is 0. The number of hydrogen-bond donors (Lipinski definition) is 2. The van der Waals surface area contributed by atoms with Crippen LogP contribution < -0.4 is 10.6 Å². The molecule has 0 radical (unpaired) electrons. The molecule has 0 saturated carbocycles. The fraction of sp³-hybridized carbons (Fsp3) is 0.917. The maximum atomic E-state index is 12.0. The van der Waals surface area contributed by atoms with Crippen molar-refractivity contribution in [3.05, 3.63) is 0 Å². The molecule has 1 atom stereocenters. The summed E-state index contributed by atoms with van der Waals surface area (Å²) in [4.78, 5) is 16.4. The van der Waals surface area contributed by atoms with Crippen molar-refractivity contribution in [3.8, 4) is 0 Å². The van der Waals surface area contributed by atoms with Gasteiger partial charge in [-0.1, -0.05) is 0 Å². The van der Waals surface area contributed by atoms with Crippen molar-refractivity contribution in [1.29, 1.82) is 0 Å². The first-order chi connectivity index (χ1) is 8.27. The van der Waals surface area contributed by atoms with Gasteiger partial charge >= 0.3 is 0 Å². The van der Waals surface area contributed by atoms with Gasteiger partial charge in [-0.25, -0.2) is 0 Å². The van der Waals surface area contributed by atoms with Gasteiger partial charge in [0, 0.05) is 64.8 Å². The third-order valence-electron chi connectivity index (χ3n) is 3.72. The van der Waals surface area contributed by atoms with E-state index in [0.717, 1.165) is 52.4 Å². The second-order valence-electron chi connectivity index (χ2n) is 4.97. The molecule has 98 valence electrons. The smallest absolute Gasteiger partial charge is 0.223 e. The largest absolute Gasteiger partial charge is 0.340 e. The van der Waals surface area contributed by atoms with Crippen molar-refractivity contribution in [2.45, 2.75) is 19.4 Å². The molecular formula is C12H24N4O. The minimum Gasteiger partial charge on any atom is -0.340 e. The highest BCUT2D eigenvalue weighted by molar-refractivity contribution is 5.76. The standard InChI is InChI=1S/C12H24N4O/c1-11-10-14-5-7-15(11)6-2-12(17)16-8-3-13-4-9-16/h11,13-14H,2-10H2,1H3. The second kappa shape index (κ2) is 6.33. The molecule has 17 heavy (non-hydrogen) atoms. The fourth-order valence-electron chi connectivity index (χ4n) is 2.53. The molecule has 5 heteroatoms. The van der Waals surface area contributed by atoms with Crippen LogP contribution in [-0.2, 0) is 4.79 Å². The predicted molar refractivity (Wildman–Crippen MR) is 68.0 cm³/mol. The van der Waals surface area contributed by atoms with E-state index >= 15 is 0 Å². The van der Waals surface area contributed by atoms with Gasteiger partial charge in [-0.3, -0.25) is 9.69 Å². The average Bonchev–Trinajstić information content (AvgIpc) is 2.38. The van der Waals surface area contributed by atoms with E-state index in [1.54, 1.807) is 0 Å². The second-order valence-corrected chi connectivity index (χ2v) is 4.97. The van der Waals surface area contributed by atoms with Gasteiger partial charge in [0.25, 0.3) is 0 Å². The van der Waals surface area contributed by atoms with Crippen molar-refractivity contribution in [2.75, 3.05) is 52.4 Å². The van der Waals surface area contributed by atoms with Crippen molar-refractivity contribution >= 4 is 5.91 Å². The molecule has 0 spiro atoms. The molecule has 2 fully saturated rings. The number of hydrogen-bond acceptors (Lipinski definition) is 4. The van der Waals surface area contributed by atoms with Crippen LogP contribution in [0.15, 0.2) is 0 Å². The van der Waals surface area contributed by atoms with E-state index in [1.165, 1.54) is 0 Å². The lowest BCUT2D eigenvalue weighted by Gasteiger charge is -2.34. The molecule has 0 aromatic heterocycles. The highest BCUT2D eigenvalue weighted by Gasteiger charge is 2.20. The summed E-state index contributed by atoms with van der Waals surface area (Å²) >= 11 is 0. The van der Waals surface area contributed by atoms with Gasteiger partial charge in [-0.2, -0.15) is 0 Å². The van der Waals surface area contributed by atoms with Crippen LogP contribution >= 0.6 is 0 Å². The summed E-state index contributed by atoms with van der Waals surface area (Å²) in [5.41, 5.74) is 0. The van der Waals surface area contributed by atoms with E-state index in [9.17, 15) is 4.79 Å². The summed E-state index contributed by atoms with van der Waals surface area (Å²) in [6.45, 7) is 9.91. The normalized spacial score (nSPS) is 27.1. The number of nitrogens with one attached hydrogen (secondary N) is 2. The molecule has 2 aliphatic heterocycles. The van der Waals surface area contributed by atoms with Gasteiger partial charge in [0.15, 0.2) is 0 Å². The fourth-order valence-corrected chi connectivity index (χ4v) is 2.53. The van der Waals surface area contributed by atoms with Crippen LogP contribution in [0, 0.1) is 0 Å². The number of amides is 1. The van der Waals surface area contributed by atoms with Crippen LogP contribution in [0.2, 0.25) is 0 Å². The maximum absolute atomic E-state index is 12.0. The Bertz CT molecular complexity index is 253. The molecule has 0 aromatic rings. The van der Waals surface area contributed by atoms with Crippen molar-refractivity contribution in [1.82, 2.24) is 20.4 Å². The van der Waals surface area contributed by atoms with Gasteiger partial charge in [-0.05, 0) is 6.92 Å². The lowest BCUT2D eigenvalue weighted by Crippen LogP contribution is -2.51. The molecule has 1 amide bonds. The summed E-state index contributed by atoms with van der Waals surface area (Å²) in [5, 5.41) is 6.64. The Balaban J connectivity index is 1.71. The van der Waals surface area contributed by atoms with E-state index < -0.39 is 0 Å². The molecule has 2 aliphatic rings. The maximum Gasteiger partial charge on any atom is 0.223 e. The quantitative estimate of drug-likeness (QED) is 0.671. The zero-order valence-electron chi connectivity index (χ0n) is 10.7. The Hall–Kier alpha value is -0.650. The van der Waals surface area contributed by atoms with E-state index in [0.29, 0.717) is 18.4 Å². The molecule has 2 heterocycles. The molecule has 1 unspecified atom stereocenters. The van der Waals surface area contributed by atoms with Crippen molar-refractivity contribution in [3.63, 3.8) is 0 Å². The first-order valence-corrected chi connectivity index (χ1v) is 6.70. The van der Waals surface area contributed by atoms with Gasteiger partial charge < -0.3 is 15.5 Å². The van der Waals surface area contributed by atoms with Crippen LogP contribution in [0.3, 0.4) is 0 Å². The van der Waals surface area contributed by atoms with E-state index in [-0.39, 0.29) is 0 Å². The summed E-state index contributed by atoms with van der Waals surface area (Å²) < 4.78 is 0. The summed E-state index contributed by atoms with van der Waals surface area (Å²) in [6.07, 6.45) is 0.671. The van der Waals surface area contributed by atoms with Gasteiger partial charge in [0.1, 0.15) is 0 Å². The first kappa shape index (κ1) is 12.8. The molecule has 2 saturated heterocycles. The Labute approximate surface area is 104 Å². The van der Waals surface area contributed by atoms with Crippen LogP contribution in [0.25, 0.3) is 0 Å². The number of nitrogens with zero attached hydrogens (tertiary/aromatic N) is 2. The van der Waals surface area contributed by atoms with Crippen LogP contribution in [0.4, 0.5) is 0 Å². The first-order valence-electron chi connectivity index (χ1n) is 6.70. The van der Waals surface area contributed by atoms with Gasteiger partial charge in [-0.15, -0.1) is 0 Å². The monoisotopic (exact) mass is 240 g/mol. The number of rotatable bonds is 3. The van der Waals surface area contributed by atoms with E-state index in [1.807, 2.05) is 4.90 Å². The zero-order chi connectivity index (χ0) is 12.1. The number of piperazine rings is 2. The Morgan fingerprint density at radius 2 is 1.88 bits per heavy atom. The third kappa shape index (κ3) is 3.66. The zero-order valence-corrected chi connectivity index (χ0v) is 10.7. The van der Waals surface area contributed by atoms with Crippen LogP contribution in [0.1, 0.15) is 13.3 Å². The minimum absolute atomic E-state index is 0.317. The number of carbonyl (C=O) groups is 1. The average molecular weight is 240 g/mol. The Morgan fingerprint density at radius 3 is 2.59 bits per heavy atom. The molecule has 2 N–H and O–H groups in total. The highest BCUT2D eigenvalue weighted by atomic mass is 16.2. The Kier molecular flexibility index (Phi) is 4.76. The third-order valence-corrected chi connectivity index (χ3v) is 3.72. The van der Waals surface area contributed by atoms with Crippen molar-refractivity contribution in [2.24, 2.45) is 0 Å². The highest BCUT2D eigenvalue weighted by Crippen LogP contribution is 2.05. The molecule has 0 aliphatic carbocycles. The predicted octanol–water partition coefficient (Wildman–Crippen LogP) is -0.898. The Morgan fingerprint density at radius 1 is 1.18 bits per heavy atom. The van der Waals surface area contributed by atoms with Crippen molar-refractivity contribution < 1.29 is 4.79 Å².